The van der Waals surface area contributed by atoms with Gasteiger partial charge >= 0.3 is 11.9 Å². The largest absolute Gasteiger partial charge is 0.480 e. The number of benzene rings is 2. The summed E-state index contributed by atoms with van der Waals surface area (Å²) in [6, 6.07) is 15.6. The van der Waals surface area contributed by atoms with Gasteiger partial charge in [-0.05, 0) is 43.5 Å². The highest BCUT2D eigenvalue weighted by Crippen LogP contribution is 2.27. The number of hydrogen-bond acceptors (Lipinski definition) is 6. The molecule has 1 amide bonds. The molecule has 3 rings (SSSR count). The molecule has 2 aromatic rings. The van der Waals surface area contributed by atoms with Crippen LogP contribution in [0.3, 0.4) is 0 Å². The number of carbonyl (C=O) groups excluding carboxylic acids is 2. The maximum Gasteiger partial charge on any atom is 0.324 e. The molecule has 9 heteroatoms. The number of esters is 1. The van der Waals surface area contributed by atoms with Crippen LogP contribution in [-0.2, 0) is 25.5 Å². The number of rotatable bonds is 9. The third kappa shape index (κ3) is 6.72. The maximum atomic E-state index is 13.3. The molecule has 1 aliphatic rings. The topological polar surface area (TPSA) is 95.9 Å². The fourth-order valence-corrected chi connectivity index (χ4v) is 4.48. The number of ether oxygens (including phenoxy) is 1. The smallest absolute Gasteiger partial charge is 0.324 e. The lowest BCUT2D eigenvalue weighted by Crippen LogP contribution is -2.53. The number of carboxylic acids is 1. The van der Waals surface area contributed by atoms with Crippen molar-refractivity contribution < 1.29 is 24.2 Å². The number of aliphatic carboxylic acids is 1. The molecule has 0 fully saturated rings. The van der Waals surface area contributed by atoms with Crippen LogP contribution < -0.4 is 10.2 Å². The minimum atomic E-state index is -1.09. The Morgan fingerprint density at radius 2 is 1.88 bits per heavy atom. The van der Waals surface area contributed by atoms with Gasteiger partial charge in [0.05, 0.1) is 12.6 Å². The number of hydrogen-bond donors (Lipinski definition) is 2. The molecular formula is C23H27ClN2O5S. The van der Waals surface area contributed by atoms with Gasteiger partial charge in [0, 0.05) is 16.3 Å². The summed E-state index contributed by atoms with van der Waals surface area (Å²) in [6.45, 7) is 1.54. The molecule has 0 bridgehead atoms. The fourth-order valence-electron chi connectivity index (χ4n) is 3.53. The van der Waals surface area contributed by atoms with Gasteiger partial charge in [-0.1, -0.05) is 36.4 Å². The van der Waals surface area contributed by atoms with Crippen molar-refractivity contribution in [2.75, 3.05) is 23.8 Å². The SMILES string of the molecule is CCOC(=O)[C@H](CSc1ccccc1)N[C@H]1CCc2ccccc2N(CC(=O)O)C1=O.Cl. The number of thioether (sulfide) groups is 1. The predicted octanol–water partition coefficient (Wildman–Crippen LogP) is 3.15. The van der Waals surface area contributed by atoms with E-state index < -0.39 is 30.6 Å². The monoisotopic (exact) mass is 478 g/mol. The summed E-state index contributed by atoms with van der Waals surface area (Å²) >= 11 is 1.49. The average Bonchev–Trinajstić information content (AvgIpc) is 2.89. The van der Waals surface area contributed by atoms with Crippen LogP contribution in [0.5, 0.6) is 0 Å². The van der Waals surface area contributed by atoms with E-state index in [-0.39, 0.29) is 24.9 Å². The van der Waals surface area contributed by atoms with E-state index in [1.54, 1.807) is 19.1 Å². The second-order valence-corrected chi connectivity index (χ2v) is 8.23. The molecule has 0 saturated heterocycles. The van der Waals surface area contributed by atoms with Crippen molar-refractivity contribution in [2.45, 2.75) is 36.7 Å². The van der Waals surface area contributed by atoms with Crippen LogP contribution in [0.15, 0.2) is 59.5 Å². The van der Waals surface area contributed by atoms with Crippen LogP contribution >= 0.6 is 24.2 Å². The van der Waals surface area contributed by atoms with Crippen molar-refractivity contribution in [3.63, 3.8) is 0 Å². The first-order valence-electron chi connectivity index (χ1n) is 10.2. The van der Waals surface area contributed by atoms with E-state index in [0.717, 1.165) is 10.5 Å². The summed E-state index contributed by atoms with van der Waals surface area (Å²) in [5.74, 6) is -1.49. The van der Waals surface area contributed by atoms with Crippen molar-refractivity contribution in [3.8, 4) is 0 Å². The zero-order valence-corrected chi connectivity index (χ0v) is 19.4. The van der Waals surface area contributed by atoms with Crippen molar-refractivity contribution in [2.24, 2.45) is 0 Å². The average molecular weight is 479 g/mol. The number of fused-ring (bicyclic) bond motifs is 1. The molecule has 0 aromatic heterocycles. The first kappa shape index (κ1) is 25.7. The Morgan fingerprint density at radius 1 is 1.19 bits per heavy atom. The number of carboxylic acid groups (broad SMARTS) is 1. The van der Waals surface area contributed by atoms with E-state index in [9.17, 15) is 19.5 Å². The minimum absolute atomic E-state index is 0. The van der Waals surface area contributed by atoms with Crippen LogP contribution in [0, 0.1) is 0 Å². The molecule has 7 nitrogen and oxygen atoms in total. The third-order valence-electron chi connectivity index (χ3n) is 4.98. The summed E-state index contributed by atoms with van der Waals surface area (Å²) in [6.07, 6.45) is 1.05. The highest BCUT2D eigenvalue weighted by atomic mass is 35.5. The van der Waals surface area contributed by atoms with Crippen molar-refractivity contribution >= 4 is 47.7 Å². The first-order valence-corrected chi connectivity index (χ1v) is 11.2. The van der Waals surface area contributed by atoms with Crippen LogP contribution in [-0.4, -0.2) is 53.9 Å². The van der Waals surface area contributed by atoms with E-state index in [1.165, 1.54) is 16.7 Å². The molecule has 2 aromatic carbocycles. The van der Waals surface area contributed by atoms with Gasteiger partial charge in [0.2, 0.25) is 5.91 Å². The number of aryl methyl sites for hydroxylation is 1. The summed E-state index contributed by atoms with van der Waals surface area (Å²) in [7, 11) is 0. The van der Waals surface area contributed by atoms with Crippen molar-refractivity contribution in [1.29, 1.82) is 0 Å². The lowest BCUT2D eigenvalue weighted by Gasteiger charge is -2.27. The number of para-hydroxylation sites is 1. The van der Waals surface area contributed by atoms with Crippen LogP contribution in [0.4, 0.5) is 5.69 Å². The first-order chi connectivity index (χ1) is 15.0. The van der Waals surface area contributed by atoms with Crippen LogP contribution in [0.1, 0.15) is 18.9 Å². The predicted molar refractivity (Wildman–Crippen MR) is 127 cm³/mol. The Morgan fingerprint density at radius 3 is 2.56 bits per heavy atom. The molecule has 0 unspecified atom stereocenters. The van der Waals surface area contributed by atoms with Gasteiger partial charge in [-0.25, -0.2) is 0 Å². The molecule has 1 heterocycles. The van der Waals surface area contributed by atoms with Gasteiger partial charge in [0.1, 0.15) is 12.6 Å². The van der Waals surface area contributed by atoms with E-state index in [1.807, 2.05) is 42.5 Å². The number of nitrogens with one attached hydrogen (secondary N) is 1. The zero-order valence-electron chi connectivity index (χ0n) is 17.7. The van der Waals surface area contributed by atoms with Crippen molar-refractivity contribution in [1.82, 2.24) is 5.32 Å². The molecule has 0 saturated carbocycles. The number of anilines is 1. The summed E-state index contributed by atoms with van der Waals surface area (Å²) in [4.78, 5) is 39.6. The second-order valence-electron chi connectivity index (χ2n) is 7.13. The summed E-state index contributed by atoms with van der Waals surface area (Å²) in [5.41, 5.74) is 1.51. The van der Waals surface area contributed by atoms with Gasteiger partial charge in [-0.2, -0.15) is 0 Å². The molecule has 1 aliphatic heterocycles. The Balaban J connectivity index is 0.00000363. The van der Waals surface area contributed by atoms with E-state index in [4.69, 9.17) is 4.74 Å². The number of amides is 1. The van der Waals surface area contributed by atoms with Gasteiger partial charge < -0.3 is 9.84 Å². The Hall–Kier alpha value is -2.55. The normalized spacial score (nSPS) is 16.3. The lowest BCUT2D eigenvalue weighted by molar-refractivity contribution is -0.145. The molecule has 172 valence electrons. The van der Waals surface area contributed by atoms with Gasteiger partial charge in [0.15, 0.2) is 0 Å². The summed E-state index contributed by atoms with van der Waals surface area (Å²) in [5, 5.41) is 12.5. The molecule has 0 aliphatic carbocycles. The fraction of sp³-hybridized carbons (Fsp3) is 0.348. The maximum absolute atomic E-state index is 13.3. The lowest BCUT2D eigenvalue weighted by atomic mass is 10.1. The van der Waals surface area contributed by atoms with Crippen LogP contribution in [0.25, 0.3) is 0 Å². The number of carbonyl (C=O) groups is 3. The Bertz CT molecular complexity index is 928. The molecule has 0 radical (unpaired) electrons. The molecule has 2 atom stereocenters. The zero-order chi connectivity index (χ0) is 22.2. The molecule has 32 heavy (non-hydrogen) atoms. The highest BCUT2D eigenvalue weighted by Gasteiger charge is 2.34. The number of halogens is 1. The minimum Gasteiger partial charge on any atom is -0.480 e. The Labute approximate surface area is 197 Å². The standard InChI is InChI=1S/C23H26N2O5S.ClH/c1-2-30-23(29)19(15-31-17-9-4-3-5-10-17)24-18-13-12-16-8-6-7-11-20(16)25(22(18)28)14-21(26)27;/h3-11,18-19,24H,2,12-15H2,1H3,(H,26,27);1H/t18-,19-;/m0./s1. The Kier molecular flexibility index (Phi) is 10.0. The molecule has 2 N–H and O–H groups in total. The third-order valence-corrected chi connectivity index (χ3v) is 6.08. The summed E-state index contributed by atoms with van der Waals surface area (Å²) < 4.78 is 5.22. The molecule has 0 spiro atoms. The van der Waals surface area contributed by atoms with Gasteiger partial charge in [-0.3, -0.25) is 24.6 Å². The van der Waals surface area contributed by atoms with E-state index in [2.05, 4.69) is 5.32 Å². The number of nitrogens with zero attached hydrogens (tertiary/aromatic N) is 1. The second kappa shape index (κ2) is 12.5. The molecular weight excluding hydrogens is 452 g/mol. The van der Waals surface area contributed by atoms with E-state index >= 15 is 0 Å². The highest BCUT2D eigenvalue weighted by molar-refractivity contribution is 7.99. The van der Waals surface area contributed by atoms with Crippen molar-refractivity contribution in [3.05, 3.63) is 60.2 Å². The van der Waals surface area contributed by atoms with Gasteiger partial charge in [-0.15, -0.1) is 24.2 Å². The van der Waals surface area contributed by atoms with Crippen LogP contribution in [0.2, 0.25) is 0 Å². The van der Waals surface area contributed by atoms with E-state index in [0.29, 0.717) is 24.3 Å². The van der Waals surface area contributed by atoms with Gasteiger partial charge in [0.25, 0.3) is 0 Å². The quantitative estimate of drug-likeness (QED) is 0.422.